The van der Waals surface area contributed by atoms with E-state index in [4.69, 9.17) is 5.73 Å². The molecule has 1 aromatic carbocycles. The molecule has 2 rings (SSSR count). The highest BCUT2D eigenvalue weighted by atomic mass is 79.9. The van der Waals surface area contributed by atoms with Crippen molar-refractivity contribution >= 4 is 15.9 Å². The maximum atomic E-state index is 9.88. The standard InChI is InChI=1S/C12H16BrNO/c1-12(2)7(6-14)11(12)10-8(13)4-3-5-9(10)15/h3-5,7,11,15H,6,14H2,1-2H3/t7-,11+/m0/s1. The lowest BCUT2D eigenvalue weighted by atomic mass is 10.0. The lowest BCUT2D eigenvalue weighted by molar-refractivity contribution is 0.463. The molecule has 0 amide bonds. The van der Waals surface area contributed by atoms with Crippen LogP contribution in [0.1, 0.15) is 25.3 Å². The molecule has 0 heterocycles. The van der Waals surface area contributed by atoms with Gasteiger partial charge in [0.15, 0.2) is 0 Å². The number of hydrogen-bond donors (Lipinski definition) is 2. The Hall–Kier alpha value is -0.540. The number of nitrogens with two attached hydrogens (primary N) is 1. The maximum Gasteiger partial charge on any atom is 0.120 e. The van der Waals surface area contributed by atoms with E-state index in [1.165, 1.54) is 0 Å². The number of halogens is 1. The Labute approximate surface area is 98.6 Å². The van der Waals surface area contributed by atoms with Gasteiger partial charge in [-0.2, -0.15) is 0 Å². The summed E-state index contributed by atoms with van der Waals surface area (Å²) in [4.78, 5) is 0. The van der Waals surface area contributed by atoms with Crippen LogP contribution in [0.3, 0.4) is 0 Å². The van der Waals surface area contributed by atoms with Gasteiger partial charge in [-0.05, 0) is 35.9 Å². The van der Waals surface area contributed by atoms with E-state index in [0.29, 0.717) is 24.1 Å². The summed E-state index contributed by atoms with van der Waals surface area (Å²) in [6, 6.07) is 5.55. The fourth-order valence-corrected chi connectivity index (χ4v) is 3.19. The van der Waals surface area contributed by atoms with Gasteiger partial charge in [0.2, 0.25) is 0 Å². The van der Waals surface area contributed by atoms with Gasteiger partial charge in [0, 0.05) is 10.0 Å². The summed E-state index contributed by atoms with van der Waals surface area (Å²) in [6.07, 6.45) is 0. The van der Waals surface area contributed by atoms with Crippen molar-refractivity contribution in [3.63, 3.8) is 0 Å². The van der Waals surface area contributed by atoms with Crippen molar-refractivity contribution in [3.05, 3.63) is 28.2 Å². The largest absolute Gasteiger partial charge is 0.508 e. The van der Waals surface area contributed by atoms with Gasteiger partial charge in [-0.3, -0.25) is 0 Å². The van der Waals surface area contributed by atoms with Crippen molar-refractivity contribution in [2.75, 3.05) is 6.54 Å². The molecule has 2 atom stereocenters. The molecule has 0 unspecified atom stereocenters. The van der Waals surface area contributed by atoms with Crippen LogP contribution in [0.25, 0.3) is 0 Å². The predicted octanol–water partition coefficient (Wildman–Crippen LogP) is 2.85. The zero-order valence-corrected chi connectivity index (χ0v) is 10.6. The maximum absolute atomic E-state index is 9.88. The first-order chi connectivity index (χ1) is 7.00. The molecule has 3 N–H and O–H groups in total. The molecular weight excluding hydrogens is 254 g/mol. The van der Waals surface area contributed by atoms with E-state index in [-0.39, 0.29) is 5.41 Å². The molecule has 0 saturated heterocycles. The van der Waals surface area contributed by atoms with Crippen molar-refractivity contribution in [1.29, 1.82) is 0 Å². The molecule has 1 aliphatic rings. The number of benzene rings is 1. The van der Waals surface area contributed by atoms with Crippen molar-refractivity contribution < 1.29 is 5.11 Å². The third-order valence-electron chi connectivity index (χ3n) is 3.65. The predicted molar refractivity (Wildman–Crippen MR) is 64.9 cm³/mol. The fraction of sp³-hybridized carbons (Fsp3) is 0.500. The van der Waals surface area contributed by atoms with Crippen molar-refractivity contribution in [2.24, 2.45) is 17.1 Å². The van der Waals surface area contributed by atoms with E-state index in [2.05, 4.69) is 29.8 Å². The molecule has 82 valence electrons. The highest BCUT2D eigenvalue weighted by Crippen LogP contribution is 2.66. The zero-order valence-electron chi connectivity index (χ0n) is 9.00. The van der Waals surface area contributed by atoms with E-state index in [9.17, 15) is 5.11 Å². The van der Waals surface area contributed by atoms with E-state index >= 15 is 0 Å². The molecule has 0 bridgehead atoms. The van der Waals surface area contributed by atoms with E-state index in [0.717, 1.165) is 10.0 Å². The molecule has 3 heteroatoms. The van der Waals surface area contributed by atoms with Crippen LogP contribution >= 0.6 is 15.9 Å². The van der Waals surface area contributed by atoms with E-state index in [1.54, 1.807) is 6.07 Å². The van der Waals surface area contributed by atoms with Crippen molar-refractivity contribution in [1.82, 2.24) is 0 Å². The smallest absolute Gasteiger partial charge is 0.120 e. The lowest BCUT2D eigenvalue weighted by Gasteiger charge is -2.08. The Morgan fingerprint density at radius 2 is 2.13 bits per heavy atom. The Morgan fingerprint density at radius 3 is 2.60 bits per heavy atom. The first-order valence-electron chi connectivity index (χ1n) is 5.17. The number of aromatic hydroxyl groups is 1. The zero-order chi connectivity index (χ0) is 11.2. The number of hydrogen-bond acceptors (Lipinski definition) is 2. The summed E-state index contributed by atoms with van der Waals surface area (Å²) in [5, 5.41) is 9.88. The molecule has 1 fully saturated rings. The van der Waals surface area contributed by atoms with Gasteiger partial charge < -0.3 is 10.8 Å². The van der Waals surface area contributed by atoms with Crippen molar-refractivity contribution in [3.8, 4) is 5.75 Å². The summed E-state index contributed by atoms with van der Waals surface area (Å²) in [6.45, 7) is 5.08. The van der Waals surface area contributed by atoms with Crippen LogP contribution in [-0.4, -0.2) is 11.7 Å². The minimum atomic E-state index is 0.204. The molecule has 0 aliphatic heterocycles. The van der Waals surface area contributed by atoms with Gasteiger partial charge in [0.25, 0.3) is 0 Å². The first-order valence-corrected chi connectivity index (χ1v) is 5.97. The number of rotatable bonds is 2. The van der Waals surface area contributed by atoms with Crippen LogP contribution in [0.4, 0.5) is 0 Å². The molecular formula is C12H16BrNO. The second-order valence-corrected chi connectivity index (χ2v) is 5.67. The van der Waals surface area contributed by atoms with Crippen LogP contribution in [-0.2, 0) is 0 Å². The SMILES string of the molecule is CC1(C)[C@@H](CN)[C@@H]1c1c(O)cccc1Br. The number of phenols is 1. The van der Waals surface area contributed by atoms with E-state index in [1.807, 2.05) is 12.1 Å². The Bertz CT molecular complexity index is 369. The average Bonchev–Trinajstić information content (AvgIpc) is 2.68. The summed E-state index contributed by atoms with van der Waals surface area (Å²) in [5.74, 6) is 1.22. The summed E-state index contributed by atoms with van der Waals surface area (Å²) < 4.78 is 0.983. The summed E-state index contributed by atoms with van der Waals surface area (Å²) in [5.41, 5.74) is 6.96. The highest BCUT2D eigenvalue weighted by Gasteiger charge is 2.58. The Balaban J connectivity index is 2.41. The molecule has 0 spiro atoms. The highest BCUT2D eigenvalue weighted by molar-refractivity contribution is 9.10. The monoisotopic (exact) mass is 269 g/mol. The summed E-state index contributed by atoms with van der Waals surface area (Å²) >= 11 is 3.50. The van der Waals surface area contributed by atoms with Crippen LogP contribution in [0.5, 0.6) is 5.75 Å². The van der Waals surface area contributed by atoms with Crippen LogP contribution in [0.2, 0.25) is 0 Å². The van der Waals surface area contributed by atoms with Crippen LogP contribution < -0.4 is 5.73 Å². The topological polar surface area (TPSA) is 46.2 Å². The number of phenolic OH excluding ortho intramolecular Hbond substituents is 1. The second-order valence-electron chi connectivity index (χ2n) is 4.81. The fourth-order valence-electron chi connectivity index (χ4n) is 2.59. The van der Waals surface area contributed by atoms with Gasteiger partial charge in [0.1, 0.15) is 5.75 Å². The van der Waals surface area contributed by atoms with Crippen LogP contribution in [0.15, 0.2) is 22.7 Å². The first kappa shape index (κ1) is 11.0. The molecule has 1 aliphatic carbocycles. The quantitative estimate of drug-likeness (QED) is 0.868. The molecule has 2 nitrogen and oxygen atoms in total. The minimum absolute atomic E-state index is 0.204. The molecule has 0 radical (unpaired) electrons. The molecule has 1 saturated carbocycles. The molecule has 15 heavy (non-hydrogen) atoms. The minimum Gasteiger partial charge on any atom is -0.508 e. The normalized spacial score (nSPS) is 27.7. The van der Waals surface area contributed by atoms with Gasteiger partial charge in [-0.15, -0.1) is 0 Å². The lowest BCUT2D eigenvalue weighted by Crippen LogP contribution is -2.05. The summed E-state index contributed by atoms with van der Waals surface area (Å²) in [7, 11) is 0. The Morgan fingerprint density at radius 1 is 1.47 bits per heavy atom. The van der Waals surface area contributed by atoms with Crippen molar-refractivity contribution in [2.45, 2.75) is 19.8 Å². The molecule has 1 aromatic rings. The van der Waals surface area contributed by atoms with Gasteiger partial charge >= 0.3 is 0 Å². The van der Waals surface area contributed by atoms with E-state index < -0.39 is 0 Å². The second kappa shape index (κ2) is 3.49. The third-order valence-corrected chi connectivity index (χ3v) is 4.34. The van der Waals surface area contributed by atoms with Gasteiger partial charge in [-0.25, -0.2) is 0 Å². The Kier molecular flexibility index (Phi) is 2.55. The van der Waals surface area contributed by atoms with Crippen LogP contribution in [0, 0.1) is 11.3 Å². The third kappa shape index (κ3) is 1.58. The molecule has 0 aromatic heterocycles. The van der Waals surface area contributed by atoms with Gasteiger partial charge in [0.05, 0.1) is 0 Å². The average molecular weight is 270 g/mol. The van der Waals surface area contributed by atoms with Gasteiger partial charge in [-0.1, -0.05) is 35.8 Å².